The summed E-state index contributed by atoms with van der Waals surface area (Å²) in [6.07, 6.45) is 8.40. The van der Waals surface area contributed by atoms with E-state index < -0.39 is 12.2 Å². The molecule has 2 N–H and O–H groups in total. The van der Waals surface area contributed by atoms with Crippen LogP contribution in [0.5, 0.6) is 0 Å². The number of aliphatic hydroxyl groups is 2. The number of ketones is 1. The molecule has 5 rings (SSSR count). The highest BCUT2D eigenvalue weighted by molar-refractivity contribution is 5.94. The number of aliphatic hydroxyl groups excluding tert-OH is 2. The highest BCUT2D eigenvalue weighted by atomic mass is 16.6. The third kappa shape index (κ3) is 3.48. The molecular weight excluding hydrogens is 428 g/mol. The average molecular weight is 471 g/mol. The minimum Gasteiger partial charge on any atom is -0.452 e. The summed E-state index contributed by atoms with van der Waals surface area (Å²) in [5.74, 6) is 1.07. The smallest absolute Gasteiger partial charge is 0.331 e. The van der Waals surface area contributed by atoms with Gasteiger partial charge in [0.15, 0.2) is 11.9 Å². The van der Waals surface area contributed by atoms with Crippen molar-refractivity contribution in [2.75, 3.05) is 0 Å². The molecule has 3 saturated carbocycles. The van der Waals surface area contributed by atoms with Crippen LogP contribution >= 0.6 is 0 Å². The van der Waals surface area contributed by atoms with E-state index in [-0.39, 0.29) is 46.4 Å². The van der Waals surface area contributed by atoms with Gasteiger partial charge in [0.1, 0.15) is 0 Å². The third-order valence-corrected chi connectivity index (χ3v) is 11.0. The second kappa shape index (κ2) is 8.30. The van der Waals surface area contributed by atoms with Crippen LogP contribution in [0, 0.1) is 46.3 Å². The highest BCUT2D eigenvalue weighted by Crippen LogP contribution is 2.66. The van der Waals surface area contributed by atoms with Crippen molar-refractivity contribution in [2.45, 2.75) is 97.9 Å². The van der Waals surface area contributed by atoms with Gasteiger partial charge in [0.25, 0.3) is 0 Å². The average Bonchev–Trinajstić information content (AvgIpc) is 3.34. The number of rotatable bonds is 4. The van der Waals surface area contributed by atoms with E-state index in [9.17, 15) is 19.8 Å². The van der Waals surface area contributed by atoms with Crippen LogP contribution < -0.4 is 0 Å². The van der Waals surface area contributed by atoms with Gasteiger partial charge in [-0.3, -0.25) is 4.79 Å². The van der Waals surface area contributed by atoms with E-state index in [2.05, 4.69) is 20.8 Å². The number of esters is 1. The molecule has 3 fully saturated rings. The summed E-state index contributed by atoms with van der Waals surface area (Å²) in [4.78, 5) is 25.5. The fraction of sp³-hybridized carbons (Fsp3) is 0.793. The fourth-order valence-corrected chi connectivity index (χ4v) is 9.01. The van der Waals surface area contributed by atoms with Crippen molar-refractivity contribution in [1.29, 1.82) is 0 Å². The van der Waals surface area contributed by atoms with Gasteiger partial charge in [-0.25, -0.2) is 4.79 Å². The van der Waals surface area contributed by atoms with Crippen LogP contribution in [0.4, 0.5) is 0 Å². The van der Waals surface area contributed by atoms with Crippen LogP contribution in [0.2, 0.25) is 0 Å². The number of ether oxygens (including phenoxy) is 1. The van der Waals surface area contributed by atoms with Gasteiger partial charge in [-0.05, 0) is 97.0 Å². The Kier molecular flexibility index (Phi) is 5.92. The van der Waals surface area contributed by atoms with Gasteiger partial charge in [-0.1, -0.05) is 40.2 Å². The van der Waals surface area contributed by atoms with Crippen LogP contribution in [0.3, 0.4) is 0 Å². The number of hydrogen-bond donors (Lipinski definition) is 2. The summed E-state index contributed by atoms with van der Waals surface area (Å²) < 4.78 is 5.57. The Morgan fingerprint density at radius 3 is 2.44 bits per heavy atom. The lowest BCUT2D eigenvalue weighted by Crippen LogP contribution is -2.54. The Morgan fingerprint density at radius 1 is 1.00 bits per heavy atom. The highest BCUT2D eigenvalue weighted by Gasteiger charge is 2.62. The SMILES string of the molecule is CC(C)C1=CC(=O)O[C@@H]1[C@@H](O)[C@@H](C)[C@H]1CC[C@H]2[C@@H]3C(=O)C=C4C[C@@H](O)CC[C@]4(C)[C@H]3CC[C@]12C. The minimum absolute atomic E-state index is 0.00255. The summed E-state index contributed by atoms with van der Waals surface area (Å²) in [7, 11) is 0. The van der Waals surface area contributed by atoms with Crippen molar-refractivity contribution >= 4 is 11.8 Å². The summed E-state index contributed by atoms with van der Waals surface area (Å²) in [6, 6.07) is 0. The topological polar surface area (TPSA) is 83.8 Å². The summed E-state index contributed by atoms with van der Waals surface area (Å²) in [5.41, 5.74) is 2.09. The Hall–Kier alpha value is -1.46. The number of fused-ring (bicyclic) bond motifs is 5. The van der Waals surface area contributed by atoms with E-state index in [0.717, 1.165) is 44.1 Å². The number of carbonyl (C=O) groups is 2. The van der Waals surface area contributed by atoms with Crippen LogP contribution in [-0.2, 0) is 14.3 Å². The molecule has 34 heavy (non-hydrogen) atoms. The molecule has 0 aromatic carbocycles. The van der Waals surface area contributed by atoms with E-state index in [4.69, 9.17) is 4.74 Å². The molecular formula is C29H42O5. The first-order chi connectivity index (χ1) is 16.0. The lowest BCUT2D eigenvalue weighted by molar-refractivity contribution is -0.148. The van der Waals surface area contributed by atoms with Gasteiger partial charge in [0, 0.05) is 12.0 Å². The monoisotopic (exact) mass is 470 g/mol. The first-order valence-electron chi connectivity index (χ1n) is 13.5. The molecule has 0 amide bonds. The first-order valence-corrected chi connectivity index (χ1v) is 13.5. The molecule has 1 heterocycles. The molecule has 0 bridgehead atoms. The van der Waals surface area contributed by atoms with Crippen molar-refractivity contribution in [3.63, 3.8) is 0 Å². The van der Waals surface area contributed by atoms with E-state index in [1.54, 1.807) is 6.08 Å². The van der Waals surface area contributed by atoms with Crippen molar-refractivity contribution in [1.82, 2.24) is 0 Å². The largest absolute Gasteiger partial charge is 0.452 e. The molecule has 0 unspecified atom stereocenters. The molecule has 5 nitrogen and oxygen atoms in total. The maximum atomic E-state index is 13.5. The van der Waals surface area contributed by atoms with Gasteiger partial charge >= 0.3 is 5.97 Å². The lowest BCUT2D eigenvalue weighted by atomic mass is 9.46. The quantitative estimate of drug-likeness (QED) is 0.586. The minimum atomic E-state index is -0.732. The van der Waals surface area contributed by atoms with Crippen molar-refractivity contribution in [3.8, 4) is 0 Å². The Labute approximate surface area is 204 Å². The molecule has 5 heteroatoms. The van der Waals surface area contributed by atoms with E-state index in [0.29, 0.717) is 24.2 Å². The van der Waals surface area contributed by atoms with Crippen molar-refractivity contribution in [2.24, 2.45) is 46.3 Å². The van der Waals surface area contributed by atoms with E-state index in [1.165, 1.54) is 5.57 Å². The Balaban J connectivity index is 1.40. The second-order valence-corrected chi connectivity index (χ2v) is 12.9. The predicted octanol–water partition coefficient (Wildman–Crippen LogP) is 4.61. The summed E-state index contributed by atoms with van der Waals surface area (Å²) in [6.45, 7) is 10.9. The Bertz CT molecular complexity index is 933. The Morgan fingerprint density at radius 2 is 1.74 bits per heavy atom. The van der Waals surface area contributed by atoms with Crippen LogP contribution in [0.15, 0.2) is 23.3 Å². The van der Waals surface area contributed by atoms with Crippen molar-refractivity contribution in [3.05, 3.63) is 23.3 Å². The van der Waals surface area contributed by atoms with E-state index >= 15 is 0 Å². The lowest BCUT2D eigenvalue weighted by Gasteiger charge is -2.57. The summed E-state index contributed by atoms with van der Waals surface area (Å²) in [5, 5.41) is 21.6. The normalized spacial score (nSPS) is 45.6. The van der Waals surface area contributed by atoms with Crippen LogP contribution in [-0.4, -0.2) is 40.3 Å². The maximum absolute atomic E-state index is 13.5. The molecule has 0 saturated heterocycles. The van der Waals surface area contributed by atoms with Crippen LogP contribution in [0.1, 0.15) is 79.6 Å². The molecule has 0 radical (unpaired) electrons. The number of allylic oxidation sites excluding steroid dienone is 1. The van der Waals surface area contributed by atoms with Gasteiger partial charge in [-0.2, -0.15) is 0 Å². The standard InChI is InChI=1S/C29H42O5/c1-15(2)19-14-24(32)34-27(19)26(33)16(3)20-6-7-21-25-22(9-11-29(20,21)5)28(4)10-8-18(30)12-17(28)13-23(25)31/h13-16,18,20-22,25-27,30,33H,6-12H2,1-5H3/t16-,18-,20+,21-,22-,25-,26-,27-,28-,29+/m0/s1. The molecule has 0 aromatic heterocycles. The molecule has 4 aliphatic carbocycles. The molecule has 1 aliphatic heterocycles. The molecule has 188 valence electrons. The zero-order valence-electron chi connectivity index (χ0n) is 21.4. The first kappa shape index (κ1) is 24.2. The van der Waals surface area contributed by atoms with Gasteiger partial charge < -0.3 is 14.9 Å². The van der Waals surface area contributed by atoms with Crippen LogP contribution in [0.25, 0.3) is 0 Å². The van der Waals surface area contributed by atoms with E-state index in [1.807, 2.05) is 19.9 Å². The zero-order chi connectivity index (χ0) is 24.6. The number of hydrogen-bond acceptors (Lipinski definition) is 5. The second-order valence-electron chi connectivity index (χ2n) is 12.9. The number of cyclic esters (lactones) is 1. The van der Waals surface area contributed by atoms with Crippen molar-refractivity contribution < 1.29 is 24.5 Å². The number of carbonyl (C=O) groups excluding carboxylic acids is 2. The fourth-order valence-electron chi connectivity index (χ4n) is 9.01. The predicted molar refractivity (Wildman–Crippen MR) is 130 cm³/mol. The molecule has 5 aliphatic rings. The van der Waals surface area contributed by atoms with Gasteiger partial charge in [0.2, 0.25) is 0 Å². The van der Waals surface area contributed by atoms with Gasteiger partial charge in [0.05, 0.1) is 12.2 Å². The summed E-state index contributed by atoms with van der Waals surface area (Å²) >= 11 is 0. The third-order valence-electron chi connectivity index (χ3n) is 11.0. The maximum Gasteiger partial charge on any atom is 0.331 e. The molecule has 0 aromatic rings. The van der Waals surface area contributed by atoms with Gasteiger partial charge in [-0.15, -0.1) is 0 Å². The molecule has 10 atom stereocenters. The zero-order valence-corrected chi connectivity index (χ0v) is 21.4. The molecule has 0 spiro atoms.